The molecule has 0 amide bonds. The number of rotatable bonds is 1. The van der Waals surface area contributed by atoms with E-state index in [1.54, 1.807) is 0 Å². The van der Waals surface area contributed by atoms with Crippen molar-refractivity contribution in [3.8, 4) is 0 Å². The standard InChI is InChI=1S/C3H7NO2.C2HF3O2/c1-2(4)3(5)6;3-2(4,5)1(6)7/h2H,4H2,1H3,(H,5,6);(H,6,7)/t2-;/m0./s1. The van der Waals surface area contributed by atoms with Crippen molar-refractivity contribution in [3.63, 3.8) is 0 Å². The SMILES string of the molecule is C[C@H](N)C(=O)O.O=C(O)C(F)(F)F. The first kappa shape index (κ1) is 14.2. The molecule has 0 unspecified atom stereocenters. The van der Waals surface area contributed by atoms with E-state index in [1.165, 1.54) is 6.92 Å². The number of carboxylic acid groups (broad SMARTS) is 2. The molecular weight excluding hydrogens is 195 g/mol. The molecule has 5 nitrogen and oxygen atoms in total. The Morgan fingerprint density at radius 1 is 1.31 bits per heavy atom. The molecule has 0 spiro atoms. The van der Waals surface area contributed by atoms with Crippen LogP contribution in [-0.2, 0) is 9.59 Å². The van der Waals surface area contributed by atoms with E-state index < -0.39 is 24.2 Å². The molecule has 0 rings (SSSR count). The Kier molecular flexibility index (Phi) is 5.86. The first-order valence-electron chi connectivity index (χ1n) is 2.87. The van der Waals surface area contributed by atoms with Gasteiger partial charge in [-0.1, -0.05) is 0 Å². The molecule has 0 aromatic heterocycles. The van der Waals surface area contributed by atoms with Gasteiger partial charge in [0.15, 0.2) is 0 Å². The fourth-order valence-electron chi connectivity index (χ4n) is 0. The minimum atomic E-state index is -5.08. The molecule has 0 bridgehead atoms. The summed E-state index contributed by atoms with van der Waals surface area (Å²) in [5.74, 6) is -3.72. The van der Waals surface area contributed by atoms with Gasteiger partial charge < -0.3 is 15.9 Å². The highest BCUT2D eigenvalue weighted by Crippen LogP contribution is 2.13. The fraction of sp³-hybridized carbons (Fsp3) is 0.600. The van der Waals surface area contributed by atoms with Gasteiger partial charge in [-0.25, -0.2) is 4.79 Å². The van der Waals surface area contributed by atoms with Crippen LogP contribution in [0.1, 0.15) is 6.92 Å². The molecule has 0 radical (unpaired) electrons. The highest BCUT2D eigenvalue weighted by molar-refractivity contribution is 5.73. The molecule has 4 N–H and O–H groups in total. The van der Waals surface area contributed by atoms with Crippen LogP contribution in [0.2, 0.25) is 0 Å². The van der Waals surface area contributed by atoms with Crippen LogP contribution in [-0.4, -0.2) is 34.4 Å². The molecule has 0 aromatic rings. The molecule has 0 saturated carbocycles. The summed E-state index contributed by atoms with van der Waals surface area (Å²) in [5, 5.41) is 15.0. The number of hydrogen-bond acceptors (Lipinski definition) is 3. The lowest BCUT2D eigenvalue weighted by Crippen LogP contribution is -2.25. The molecule has 78 valence electrons. The van der Waals surface area contributed by atoms with Crippen LogP contribution in [0, 0.1) is 0 Å². The maximum atomic E-state index is 10.6. The van der Waals surface area contributed by atoms with Crippen LogP contribution in [0.4, 0.5) is 13.2 Å². The molecule has 0 heterocycles. The number of hydrogen-bond donors (Lipinski definition) is 3. The minimum absolute atomic E-state index is 0.731. The van der Waals surface area contributed by atoms with Crippen LogP contribution in [0.15, 0.2) is 0 Å². The third-order valence-electron chi connectivity index (χ3n) is 0.632. The van der Waals surface area contributed by atoms with Crippen molar-refractivity contribution in [2.45, 2.75) is 19.1 Å². The first-order valence-corrected chi connectivity index (χ1v) is 2.87. The van der Waals surface area contributed by atoms with Crippen LogP contribution < -0.4 is 5.73 Å². The summed E-state index contributed by atoms with van der Waals surface area (Å²) in [4.78, 5) is 18.5. The van der Waals surface area contributed by atoms with E-state index in [9.17, 15) is 18.0 Å². The summed E-state index contributed by atoms with van der Waals surface area (Å²) >= 11 is 0. The topological polar surface area (TPSA) is 101 Å². The molecular formula is C5H8F3NO4. The molecule has 0 aliphatic rings. The van der Waals surface area contributed by atoms with Crippen molar-refractivity contribution in [2.24, 2.45) is 5.73 Å². The van der Waals surface area contributed by atoms with E-state index in [0.717, 1.165) is 0 Å². The van der Waals surface area contributed by atoms with Gasteiger partial charge in [0.2, 0.25) is 0 Å². The second-order valence-electron chi connectivity index (χ2n) is 1.93. The van der Waals surface area contributed by atoms with Gasteiger partial charge in [-0.15, -0.1) is 0 Å². The Hall–Kier alpha value is -1.31. The van der Waals surface area contributed by atoms with E-state index in [0.29, 0.717) is 0 Å². The van der Waals surface area contributed by atoms with Gasteiger partial charge in [0.1, 0.15) is 6.04 Å². The third kappa shape index (κ3) is 10.7. The quantitative estimate of drug-likeness (QED) is 0.559. The highest BCUT2D eigenvalue weighted by atomic mass is 19.4. The minimum Gasteiger partial charge on any atom is -0.480 e. The summed E-state index contributed by atoms with van der Waals surface area (Å²) in [5.41, 5.74) is 4.84. The first-order chi connectivity index (χ1) is 5.59. The van der Waals surface area contributed by atoms with Gasteiger partial charge >= 0.3 is 18.1 Å². The normalized spacial score (nSPS) is 12.4. The van der Waals surface area contributed by atoms with Gasteiger partial charge in [-0.05, 0) is 6.92 Å². The van der Waals surface area contributed by atoms with Crippen LogP contribution in [0.3, 0.4) is 0 Å². The average molecular weight is 203 g/mol. The van der Waals surface area contributed by atoms with E-state index in [1.807, 2.05) is 0 Å². The Labute approximate surface area is 71.0 Å². The van der Waals surface area contributed by atoms with Crippen LogP contribution in [0.25, 0.3) is 0 Å². The van der Waals surface area contributed by atoms with Gasteiger partial charge in [-0.3, -0.25) is 4.79 Å². The molecule has 8 heteroatoms. The smallest absolute Gasteiger partial charge is 0.480 e. The molecule has 0 fully saturated rings. The zero-order valence-electron chi connectivity index (χ0n) is 6.50. The third-order valence-corrected chi connectivity index (χ3v) is 0.632. The van der Waals surface area contributed by atoms with Crippen LogP contribution >= 0.6 is 0 Å². The molecule has 0 saturated heterocycles. The lowest BCUT2D eigenvalue weighted by atomic mass is 10.4. The van der Waals surface area contributed by atoms with Gasteiger partial charge in [-0.2, -0.15) is 13.2 Å². The summed E-state index contributed by atoms with van der Waals surface area (Å²) in [6, 6.07) is -0.731. The van der Waals surface area contributed by atoms with Gasteiger partial charge in [0, 0.05) is 0 Å². The Bertz CT molecular complexity index is 189. The molecule has 0 aliphatic carbocycles. The van der Waals surface area contributed by atoms with Crippen molar-refractivity contribution in [1.29, 1.82) is 0 Å². The predicted octanol–water partition coefficient (Wildman–Crippen LogP) is 0.0515. The van der Waals surface area contributed by atoms with Crippen molar-refractivity contribution in [3.05, 3.63) is 0 Å². The maximum Gasteiger partial charge on any atom is 0.490 e. The predicted molar refractivity (Wildman–Crippen MR) is 35.0 cm³/mol. The Morgan fingerprint density at radius 2 is 1.46 bits per heavy atom. The second-order valence-corrected chi connectivity index (χ2v) is 1.93. The summed E-state index contributed by atoms with van der Waals surface area (Å²) < 4.78 is 31.7. The number of carbonyl (C=O) groups is 2. The monoisotopic (exact) mass is 203 g/mol. The Balaban J connectivity index is 0. The number of halogens is 3. The van der Waals surface area contributed by atoms with E-state index in [4.69, 9.17) is 20.7 Å². The number of carboxylic acids is 2. The molecule has 13 heavy (non-hydrogen) atoms. The fourth-order valence-corrected chi connectivity index (χ4v) is 0. The van der Waals surface area contributed by atoms with Crippen LogP contribution in [0.5, 0.6) is 0 Å². The van der Waals surface area contributed by atoms with Crippen molar-refractivity contribution in [1.82, 2.24) is 0 Å². The molecule has 1 atom stereocenters. The van der Waals surface area contributed by atoms with E-state index >= 15 is 0 Å². The highest BCUT2D eigenvalue weighted by Gasteiger charge is 2.38. The zero-order chi connectivity index (χ0) is 11.2. The lowest BCUT2D eigenvalue weighted by molar-refractivity contribution is -0.192. The summed E-state index contributed by atoms with van der Waals surface area (Å²) in [6.07, 6.45) is -5.08. The van der Waals surface area contributed by atoms with Gasteiger partial charge in [0.05, 0.1) is 0 Å². The van der Waals surface area contributed by atoms with E-state index in [-0.39, 0.29) is 0 Å². The van der Waals surface area contributed by atoms with Crippen molar-refractivity contribution >= 4 is 11.9 Å². The molecule has 0 aromatic carbocycles. The number of aliphatic carboxylic acids is 2. The van der Waals surface area contributed by atoms with Gasteiger partial charge in [0.25, 0.3) is 0 Å². The van der Waals surface area contributed by atoms with Crippen molar-refractivity contribution < 1.29 is 33.0 Å². The summed E-state index contributed by atoms with van der Waals surface area (Å²) in [6.45, 7) is 1.42. The lowest BCUT2D eigenvalue weighted by Gasteiger charge is -1.93. The summed E-state index contributed by atoms with van der Waals surface area (Å²) in [7, 11) is 0. The average Bonchev–Trinajstić information content (AvgIpc) is 1.86. The second kappa shape index (κ2) is 5.36. The number of alkyl halides is 3. The molecule has 0 aliphatic heterocycles. The largest absolute Gasteiger partial charge is 0.490 e. The van der Waals surface area contributed by atoms with Crippen molar-refractivity contribution in [2.75, 3.05) is 0 Å². The van der Waals surface area contributed by atoms with E-state index in [2.05, 4.69) is 0 Å². The maximum absolute atomic E-state index is 10.6. The number of nitrogens with two attached hydrogens (primary N) is 1. The zero-order valence-corrected chi connectivity index (χ0v) is 6.50. The Morgan fingerprint density at radius 3 is 1.46 bits per heavy atom.